The molecule has 0 atom stereocenters. The molecule has 0 aliphatic rings. The van der Waals surface area contributed by atoms with Gasteiger partial charge in [-0.05, 0) is 152 Å². The summed E-state index contributed by atoms with van der Waals surface area (Å²) >= 11 is 0. The average Bonchev–Trinajstić information content (AvgIpc) is 3.27. The predicted octanol–water partition coefficient (Wildman–Crippen LogP) is 15.9. The highest BCUT2D eigenvalue weighted by molar-refractivity contribution is 6.21. The van der Waals surface area contributed by atoms with Crippen LogP contribution in [-0.2, 0) is 0 Å². The molecule has 286 valence electrons. The Hall–Kier alpha value is -7.16. The van der Waals surface area contributed by atoms with Crippen molar-refractivity contribution >= 4 is 64.9 Å². The number of rotatable bonds is 4. The molecule has 0 aliphatic carbocycles. The molecule has 2 heterocycles. The van der Waals surface area contributed by atoms with Crippen LogP contribution in [-0.4, -0.2) is 9.97 Å². The van der Waals surface area contributed by atoms with Gasteiger partial charge in [-0.1, -0.05) is 146 Å². The maximum absolute atomic E-state index is 5.85. The number of hydrogen-bond donors (Lipinski definition) is 0. The minimum Gasteiger partial charge on any atom is -0.245 e. The zero-order valence-corrected chi connectivity index (χ0v) is 34.9. The van der Waals surface area contributed by atoms with Crippen LogP contribution in [0.2, 0.25) is 0 Å². The van der Waals surface area contributed by atoms with Crippen molar-refractivity contribution in [3.63, 3.8) is 0 Å². The van der Waals surface area contributed by atoms with Gasteiger partial charge in [-0.15, -0.1) is 0 Å². The van der Waals surface area contributed by atoms with Gasteiger partial charge >= 0.3 is 0 Å². The smallest absolute Gasteiger partial charge is 0.0978 e. The van der Waals surface area contributed by atoms with Gasteiger partial charge in [0.15, 0.2) is 0 Å². The number of hydrogen-bond acceptors (Lipinski definition) is 2. The van der Waals surface area contributed by atoms with Gasteiger partial charge in [-0.2, -0.15) is 0 Å². The summed E-state index contributed by atoms with van der Waals surface area (Å²) in [5.74, 6) is 0. The SMILES string of the molecule is Cc1c2cccc(C)c2c(-c2cc(-c3ccccc3)c3ccc4c(-c5ccccc5)cc(-c5c6c(C)cccc6c(C)c6cccc(C)c56)nc4c3n2)c2c(C)cccc12. The summed E-state index contributed by atoms with van der Waals surface area (Å²) in [5, 5.41) is 12.2. The standard InChI is InChI=1S/C58H44N2/c1-33-17-13-25-41-37(5)42-26-14-18-34(2)52(42)55(51(33)41)49-31-47(39-21-9-7-10-22-39)45-29-30-46-48(40-23-11-8-12-24-40)32-50(60-58(46)57(45)59-49)56-53-35(3)19-15-27-43(53)38(6)44-28-16-20-36(4)54(44)56/h7-32H,1-6H3. The van der Waals surface area contributed by atoms with Crippen LogP contribution in [0.15, 0.2) is 158 Å². The largest absolute Gasteiger partial charge is 0.245 e. The molecule has 0 unspecified atom stereocenters. The third kappa shape index (κ3) is 5.34. The van der Waals surface area contributed by atoms with E-state index in [1.807, 2.05) is 0 Å². The van der Waals surface area contributed by atoms with Crippen LogP contribution in [0.5, 0.6) is 0 Å². The lowest BCUT2D eigenvalue weighted by atomic mass is 9.85. The molecular formula is C58H44N2. The third-order valence-corrected chi connectivity index (χ3v) is 13.1. The molecular weight excluding hydrogens is 725 g/mol. The number of pyridine rings is 2. The molecule has 11 rings (SSSR count). The van der Waals surface area contributed by atoms with Gasteiger partial charge < -0.3 is 0 Å². The first-order valence-corrected chi connectivity index (χ1v) is 21.0. The van der Waals surface area contributed by atoms with Gasteiger partial charge in [0.05, 0.1) is 22.4 Å². The quantitative estimate of drug-likeness (QED) is 0.132. The Bertz CT molecular complexity index is 3220. The first-order chi connectivity index (χ1) is 29.3. The summed E-state index contributed by atoms with van der Waals surface area (Å²) in [6, 6.07) is 57.6. The second-order valence-corrected chi connectivity index (χ2v) is 16.7. The fourth-order valence-electron chi connectivity index (χ4n) is 10.2. The van der Waals surface area contributed by atoms with Crippen LogP contribution < -0.4 is 0 Å². The second-order valence-electron chi connectivity index (χ2n) is 16.7. The zero-order chi connectivity index (χ0) is 40.8. The van der Waals surface area contributed by atoms with Crippen molar-refractivity contribution in [2.24, 2.45) is 0 Å². The normalized spacial score (nSPS) is 11.8. The Kier molecular flexibility index (Phi) is 8.22. The summed E-state index contributed by atoms with van der Waals surface area (Å²) < 4.78 is 0. The van der Waals surface area contributed by atoms with Crippen molar-refractivity contribution in [3.8, 4) is 44.8 Å². The molecule has 0 N–H and O–H groups in total. The fraction of sp³-hybridized carbons (Fsp3) is 0.103. The van der Waals surface area contributed by atoms with Gasteiger partial charge in [0.1, 0.15) is 0 Å². The van der Waals surface area contributed by atoms with E-state index in [-0.39, 0.29) is 0 Å². The molecule has 0 saturated carbocycles. The molecule has 0 radical (unpaired) electrons. The van der Waals surface area contributed by atoms with Gasteiger partial charge in [-0.3, -0.25) is 0 Å². The maximum Gasteiger partial charge on any atom is 0.0978 e. The molecule has 0 bridgehead atoms. The molecule has 2 heteroatoms. The molecule has 0 spiro atoms. The fourth-order valence-corrected chi connectivity index (χ4v) is 10.2. The minimum absolute atomic E-state index is 0.904. The summed E-state index contributed by atoms with van der Waals surface area (Å²) in [5.41, 5.74) is 18.3. The van der Waals surface area contributed by atoms with Crippen LogP contribution in [0.1, 0.15) is 33.4 Å². The van der Waals surface area contributed by atoms with Crippen LogP contribution in [0.25, 0.3) is 110 Å². The van der Waals surface area contributed by atoms with E-state index in [1.165, 1.54) is 87.6 Å². The number of benzene rings is 9. The van der Waals surface area contributed by atoms with E-state index in [0.29, 0.717) is 0 Å². The van der Waals surface area contributed by atoms with Crippen LogP contribution in [0.4, 0.5) is 0 Å². The lowest BCUT2D eigenvalue weighted by molar-refractivity contribution is 1.37. The maximum atomic E-state index is 5.85. The molecule has 11 aromatic rings. The van der Waals surface area contributed by atoms with Crippen LogP contribution >= 0.6 is 0 Å². The van der Waals surface area contributed by atoms with E-state index in [0.717, 1.165) is 55.4 Å². The van der Waals surface area contributed by atoms with Crippen molar-refractivity contribution in [1.29, 1.82) is 0 Å². The summed E-state index contributed by atoms with van der Waals surface area (Å²) in [7, 11) is 0. The Labute approximate surface area is 350 Å². The van der Waals surface area contributed by atoms with E-state index in [2.05, 4.69) is 199 Å². The summed E-state index contributed by atoms with van der Waals surface area (Å²) in [4.78, 5) is 11.7. The second kappa shape index (κ2) is 13.7. The molecule has 0 amide bonds. The number of nitrogens with zero attached hydrogens (tertiary/aromatic N) is 2. The molecule has 2 aromatic heterocycles. The Morgan fingerprint density at radius 3 is 0.933 bits per heavy atom. The highest BCUT2D eigenvalue weighted by atomic mass is 14.8. The number of aryl methyl sites for hydroxylation is 6. The van der Waals surface area contributed by atoms with E-state index < -0.39 is 0 Å². The monoisotopic (exact) mass is 768 g/mol. The van der Waals surface area contributed by atoms with Gasteiger partial charge in [-0.25, -0.2) is 9.97 Å². The molecule has 0 fully saturated rings. The van der Waals surface area contributed by atoms with Crippen molar-refractivity contribution in [2.75, 3.05) is 0 Å². The minimum atomic E-state index is 0.904. The summed E-state index contributed by atoms with van der Waals surface area (Å²) in [6.07, 6.45) is 0. The van der Waals surface area contributed by atoms with E-state index in [9.17, 15) is 0 Å². The Morgan fingerprint density at radius 2 is 0.617 bits per heavy atom. The van der Waals surface area contributed by atoms with Gasteiger partial charge in [0.25, 0.3) is 0 Å². The third-order valence-electron chi connectivity index (χ3n) is 13.1. The number of aromatic nitrogens is 2. The van der Waals surface area contributed by atoms with Crippen LogP contribution in [0, 0.1) is 41.5 Å². The highest BCUT2D eigenvalue weighted by Crippen LogP contribution is 2.47. The van der Waals surface area contributed by atoms with E-state index >= 15 is 0 Å². The predicted molar refractivity (Wildman–Crippen MR) is 257 cm³/mol. The van der Waals surface area contributed by atoms with Crippen molar-refractivity contribution in [1.82, 2.24) is 9.97 Å². The number of fused-ring (bicyclic) bond motifs is 7. The van der Waals surface area contributed by atoms with E-state index in [4.69, 9.17) is 9.97 Å². The zero-order valence-electron chi connectivity index (χ0n) is 34.9. The van der Waals surface area contributed by atoms with Crippen molar-refractivity contribution in [3.05, 3.63) is 191 Å². The molecule has 0 saturated heterocycles. The Morgan fingerprint density at radius 1 is 0.300 bits per heavy atom. The first kappa shape index (κ1) is 36.0. The first-order valence-electron chi connectivity index (χ1n) is 21.0. The van der Waals surface area contributed by atoms with Crippen molar-refractivity contribution in [2.45, 2.75) is 41.5 Å². The molecule has 0 aliphatic heterocycles. The molecule has 2 nitrogen and oxygen atoms in total. The average molecular weight is 769 g/mol. The lowest BCUT2D eigenvalue weighted by Crippen LogP contribution is -1.99. The summed E-state index contributed by atoms with van der Waals surface area (Å²) in [6.45, 7) is 13.5. The lowest BCUT2D eigenvalue weighted by Gasteiger charge is -2.21. The molecule has 60 heavy (non-hydrogen) atoms. The van der Waals surface area contributed by atoms with Gasteiger partial charge in [0, 0.05) is 21.9 Å². The van der Waals surface area contributed by atoms with Gasteiger partial charge in [0.2, 0.25) is 0 Å². The molecule has 9 aromatic carbocycles. The Balaban J connectivity index is 1.36. The van der Waals surface area contributed by atoms with E-state index in [1.54, 1.807) is 0 Å². The highest BCUT2D eigenvalue weighted by Gasteiger charge is 2.23. The topological polar surface area (TPSA) is 25.8 Å². The van der Waals surface area contributed by atoms with Crippen LogP contribution in [0.3, 0.4) is 0 Å². The van der Waals surface area contributed by atoms with Crippen molar-refractivity contribution < 1.29 is 0 Å².